The van der Waals surface area contributed by atoms with Crippen LogP contribution in [-0.2, 0) is 9.53 Å². The molecule has 0 saturated carbocycles. The summed E-state index contributed by atoms with van der Waals surface area (Å²) in [6, 6.07) is 0.395. The second-order valence-corrected chi connectivity index (χ2v) is 6.90. The highest BCUT2D eigenvalue weighted by Gasteiger charge is 2.38. The van der Waals surface area contributed by atoms with E-state index in [2.05, 4.69) is 24.1 Å². The lowest BCUT2D eigenvalue weighted by atomic mass is 9.79. The molecule has 138 valence electrons. The first-order valence-corrected chi connectivity index (χ1v) is 8.37. The molecule has 0 spiro atoms. The van der Waals surface area contributed by atoms with E-state index in [-0.39, 0.29) is 30.7 Å². The third-order valence-electron chi connectivity index (χ3n) is 5.19. The number of piperidine rings is 1. The fourth-order valence-electron chi connectivity index (χ4n) is 3.47. The minimum absolute atomic E-state index is 0. The van der Waals surface area contributed by atoms with Crippen LogP contribution in [0.4, 0.5) is 0 Å². The van der Waals surface area contributed by atoms with Gasteiger partial charge in [0, 0.05) is 38.9 Å². The molecule has 3 N–H and O–H groups in total. The van der Waals surface area contributed by atoms with E-state index >= 15 is 0 Å². The number of nitrogens with two attached hydrogens (primary N) is 1. The number of hydrogen-bond donors (Lipinski definition) is 2. The minimum atomic E-state index is -0.410. The van der Waals surface area contributed by atoms with Crippen LogP contribution in [0.3, 0.4) is 0 Å². The van der Waals surface area contributed by atoms with Gasteiger partial charge in [-0.2, -0.15) is 0 Å². The summed E-state index contributed by atoms with van der Waals surface area (Å²) in [4.78, 5) is 15.0. The van der Waals surface area contributed by atoms with Crippen LogP contribution in [0, 0.1) is 11.3 Å². The van der Waals surface area contributed by atoms with E-state index in [1.54, 1.807) is 0 Å². The van der Waals surface area contributed by atoms with Gasteiger partial charge in [0.15, 0.2) is 0 Å². The van der Waals surface area contributed by atoms with Gasteiger partial charge >= 0.3 is 0 Å². The second kappa shape index (κ2) is 10.7. The monoisotopic (exact) mass is 369 g/mol. The first-order valence-electron chi connectivity index (χ1n) is 8.37. The van der Waals surface area contributed by atoms with E-state index in [1.165, 1.54) is 12.8 Å². The minimum Gasteiger partial charge on any atom is -0.381 e. The second-order valence-electron chi connectivity index (χ2n) is 6.90. The quantitative estimate of drug-likeness (QED) is 0.775. The Morgan fingerprint density at radius 3 is 2.61 bits per heavy atom. The first-order chi connectivity index (χ1) is 10.1. The zero-order valence-corrected chi connectivity index (χ0v) is 16.0. The molecule has 0 aromatic carbocycles. The predicted octanol–water partition coefficient (Wildman–Crippen LogP) is 1.82. The first kappa shape index (κ1) is 22.9. The van der Waals surface area contributed by atoms with E-state index in [1.807, 2.05) is 0 Å². The van der Waals surface area contributed by atoms with E-state index in [9.17, 15) is 4.79 Å². The Hall–Kier alpha value is -0.0700. The molecule has 0 bridgehead atoms. The summed E-state index contributed by atoms with van der Waals surface area (Å²) in [5.41, 5.74) is 5.47. The SMILES string of the molecule is CC1CCCN(C(C)CNC(=O)C2(CN)CCOCC2)C1.Cl.Cl. The Bertz CT molecular complexity index is 352. The number of carbonyl (C=O) groups excluding carboxylic acids is 1. The van der Waals surface area contributed by atoms with E-state index in [0.29, 0.717) is 32.3 Å². The third kappa shape index (κ3) is 6.05. The topological polar surface area (TPSA) is 67.6 Å². The van der Waals surface area contributed by atoms with Gasteiger partial charge in [-0.15, -0.1) is 24.8 Å². The molecule has 2 atom stereocenters. The summed E-state index contributed by atoms with van der Waals surface area (Å²) in [6.07, 6.45) is 4.07. The standard InChI is InChI=1S/C16H31N3O2.2ClH/c1-13-4-3-7-19(11-13)14(2)10-18-15(20)16(12-17)5-8-21-9-6-16;;/h13-14H,3-12,17H2,1-2H3,(H,18,20);2*1H. The van der Waals surface area contributed by atoms with Crippen LogP contribution in [0.15, 0.2) is 0 Å². The summed E-state index contributed by atoms with van der Waals surface area (Å²) in [5, 5.41) is 3.14. The largest absolute Gasteiger partial charge is 0.381 e. The highest BCUT2D eigenvalue weighted by atomic mass is 35.5. The molecule has 7 heteroatoms. The number of hydrogen-bond acceptors (Lipinski definition) is 4. The Kier molecular flexibility index (Phi) is 10.7. The Morgan fingerprint density at radius 1 is 1.39 bits per heavy atom. The number of nitrogens with one attached hydrogen (secondary N) is 1. The molecule has 2 unspecified atom stereocenters. The van der Waals surface area contributed by atoms with Crippen LogP contribution >= 0.6 is 24.8 Å². The average molecular weight is 370 g/mol. The Labute approximate surface area is 152 Å². The van der Waals surface area contributed by atoms with Gasteiger partial charge in [-0.05, 0) is 45.1 Å². The van der Waals surface area contributed by atoms with Gasteiger partial charge in [0.1, 0.15) is 0 Å². The number of carbonyl (C=O) groups is 1. The molecule has 2 fully saturated rings. The number of amides is 1. The van der Waals surface area contributed by atoms with Crippen LogP contribution in [0.1, 0.15) is 39.5 Å². The lowest BCUT2D eigenvalue weighted by Crippen LogP contribution is -2.52. The van der Waals surface area contributed by atoms with Gasteiger partial charge < -0.3 is 15.8 Å². The molecular formula is C16H33Cl2N3O2. The molecule has 5 nitrogen and oxygen atoms in total. The van der Waals surface area contributed by atoms with Crippen LogP contribution < -0.4 is 11.1 Å². The van der Waals surface area contributed by atoms with Crippen molar-refractivity contribution in [1.82, 2.24) is 10.2 Å². The van der Waals surface area contributed by atoms with Crippen molar-refractivity contribution in [3.05, 3.63) is 0 Å². The van der Waals surface area contributed by atoms with Crippen molar-refractivity contribution >= 4 is 30.7 Å². The molecule has 0 aromatic heterocycles. The van der Waals surface area contributed by atoms with Crippen molar-refractivity contribution in [2.75, 3.05) is 39.4 Å². The van der Waals surface area contributed by atoms with Gasteiger partial charge in [0.05, 0.1) is 5.41 Å². The maximum atomic E-state index is 12.5. The molecule has 23 heavy (non-hydrogen) atoms. The Balaban J connectivity index is 0.00000242. The summed E-state index contributed by atoms with van der Waals surface area (Å²) in [7, 11) is 0. The summed E-state index contributed by atoms with van der Waals surface area (Å²) in [5.74, 6) is 0.882. The maximum Gasteiger partial charge on any atom is 0.227 e. The number of ether oxygens (including phenoxy) is 1. The highest BCUT2D eigenvalue weighted by molar-refractivity contribution is 5.85. The summed E-state index contributed by atoms with van der Waals surface area (Å²) in [6.45, 7) is 9.23. The summed E-state index contributed by atoms with van der Waals surface area (Å²) >= 11 is 0. The van der Waals surface area contributed by atoms with Crippen molar-refractivity contribution in [2.45, 2.75) is 45.6 Å². The van der Waals surface area contributed by atoms with E-state index in [0.717, 1.165) is 31.8 Å². The van der Waals surface area contributed by atoms with Crippen molar-refractivity contribution in [3.63, 3.8) is 0 Å². The van der Waals surface area contributed by atoms with E-state index in [4.69, 9.17) is 10.5 Å². The number of halogens is 2. The van der Waals surface area contributed by atoms with Crippen molar-refractivity contribution in [2.24, 2.45) is 17.1 Å². The molecule has 0 radical (unpaired) electrons. The van der Waals surface area contributed by atoms with Crippen molar-refractivity contribution in [3.8, 4) is 0 Å². The van der Waals surface area contributed by atoms with Crippen LogP contribution in [0.2, 0.25) is 0 Å². The normalized spacial score (nSPS) is 25.6. The van der Waals surface area contributed by atoms with Crippen LogP contribution in [-0.4, -0.2) is 56.2 Å². The van der Waals surface area contributed by atoms with Gasteiger partial charge in [0.25, 0.3) is 0 Å². The van der Waals surface area contributed by atoms with Gasteiger partial charge in [0.2, 0.25) is 5.91 Å². The molecule has 1 amide bonds. The van der Waals surface area contributed by atoms with Crippen LogP contribution in [0.5, 0.6) is 0 Å². The average Bonchev–Trinajstić information content (AvgIpc) is 2.52. The third-order valence-corrected chi connectivity index (χ3v) is 5.19. The van der Waals surface area contributed by atoms with Gasteiger partial charge in [-0.3, -0.25) is 9.69 Å². The molecule has 0 aromatic rings. The zero-order chi connectivity index (χ0) is 15.3. The number of nitrogens with zero attached hydrogens (tertiary/aromatic N) is 1. The molecule has 2 aliphatic rings. The fraction of sp³-hybridized carbons (Fsp3) is 0.938. The lowest BCUT2D eigenvalue weighted by Gasteiger charge is -2.37. The highest BCUT2D eigenvalue weighted by Crippen LogP contribution is 2.29. The van der Waals surface area contributed by atoms with Gasteiger partial charge in [-0.1, -0.05) is 6.92 Å². The van der Waals surface area contributed by atoms with Gasteiger partial charge in [-0.25, -0.2) is 0 Å². The van der Waals surface area contributed by atoms with Crippen LogP contribution in [0.25, 0.3) is 0 Å². The zero-order valence-electron chi connectivity index (χ0n) is 14.4. The molecular weight excluding hydrogens is 337 g/mol. The van der Waals surface area contributed by atoms with Crippen molar-refractivity contribution in [1.29, 1.82) is 0 Å². The number of rotatable bonds is 5. The molecule has 2 saturated heterocycles. The lowest BCUT2D eigenvalue weighted by molar-refractivity contribution is -0.136. The molecule has 0 aliphatic carbocycles. The maximum absolute atomic E-state index is 12.5. The molecule has 2 heterocycles. The molecule has 2 rings (SSSR count). The summed E-state index contributed by atoms with van der Waals surface area (Å²) < 4.78 is 5.37. The fourth-order valence-corrected chi connectivity index (χ4v) is 3.47. The van der Waals surface area contributed by atoms with E-state index < -0.39 is 5.41 Å². The molecule has 2 aliphatic heterocycles. The predicted molar refractivity (Wildman–Crippen MR) is 98.5 cm³/mol. The van der Waals surface area contributed by atoms with Crippen molar-refractivity contribution < 1.29 is 9.53 Å². The number of likely N-dealkylation sites (tertiary alicyclic amines) is 1. The smallest absolute Gasteiger partial charge is 0.227 e. The Morgan fingerprint density at radius 2 is 2.04 bits per heavy atom.